The van der Waals surface area contributed by atoms with Crippen LogP contribution >= 0.6 is 11.6 Å². The van der Waals surface area contributed by atoms with Crippen LogP contribution in [0, 0.1) is 0 Å². The molecule has 5 unspecified atom stereocenters. The zero-order valence-electron chi connectivity index (χ0n) is 17.4. The molecule has 1 fully saturated rings. The smallest absolute Gasteiger partial charge is 0.302 e. The standard InChI is InChI=1S/C23H27ClO7/c1-3-29-17-7-4-14(5-8-17)10-16-11-15(6-9-18(16)24)23-22(28)21(27)20(26)19(31-23)12-30-13(2)25/h4-9,11,19-23,26-28H,3,10,12H2,1-2H3. The maximum atomic E-state index is 11.1. The van der Waals surface area contributed by atoms with E-state index in [1.807, 2.05) is 31.2 Å². The topological polar surface area (TPSA) is 105 Å². The summed E-state index contributed by atoms with van der Waals surface area (Å²) >= 11 is 6.39. The summed E-state index contributed by atoms with van der Waals surface area (Å²) in [6.45, 7) is 3.53. The number of aliphatic hydroxyl groups excluding tert-OH is 3. The van der Waals surface area contributed by atoms with E-state index in [9.17, 15) is 20.1 Å². The van der Waals surface area contributed by atoms with Gasteiger partial charge in [-0.2, -0.15) is 0 Å². The van der Waals surface area contributed by atoms with E-state index in [2.05, 4.69) is 0 Å². The molecule has 1 heterocycles. The lowest BCUT2D eigenvalue weighted by molar-refractivity contribution is -0.234. The molecule has 0 bridgehead atoms. The third-order valence-corrected chi connectivity index (χ3v) is 5.56. The van der Waals surface area contributed by atoms with Crippen molar-refractivity contribution >= 4 is 17.6 Å². The molecule has 0 radical (unpaired) electrons. The SMILES string of the molecule is CCOc1ccc(Cc2cc(C3OC(COC(C)=O)C(O)C(O)C3O)ccc2Cl)cc1. The van der Waals surface area contributed by atoms with Crippen molar-refractivity contribution in [3.05, 3.63) is 64.2 Å². The highest BCUT2D eigenvalue weighted by Crippen LogP contribution is 2.34. The quantitative estimate of drug-likeness (QED) is 0.556. The fraction of sp³-hybridized carbons (Fsp3) is 0.435. The number of esters is 1. The molecule has 1 aliphatic rings. The molecule has 0 amide bonds. The molecule has 0 aromatic heterocycles. The van der Waals surface area contributed by atoms with Gasteiger partial charge in [0, 0.05) is 11.9 Å². The maximum absolute atomic E-state index is 11.1. The summed E-state index contributed by atoms with van der Waals surface area (Å²) in [6.07, 6.45) is -5.55. The number of halogens is 1. The van der Waals surface area contributed by atoms with Crippen molar-refractivity contribution in [1.29, 1.82) is 0 Å². The highest BCUT2D eigenvalue weighted by molar-refractivity contribution is 6.31. The Morgan fingerprint density at radius 3 is 2.42 bits per heavy atom. The summed E-state index contributed by atoms with van der Waals surface area (Å²) in [5.41, 5.74) is 2.43. The van der Waals surface area contributed by atoms with Crippen molar-refractivity contribution in [1.82, 2.24) is 0 Å². The molecule has 7 nitrogen and oxygen atoms in total. The van der Waals surface area contributed by atoms with E-state index in [1.54, 1.807) is 18.2 Å². The summed E-state index contributed by atoms with van der Waals surface area (Å²) in [5, 5.41) is 31.5. The van der Waals surface area contributed by atoms with Gasteiger partial charge >= 0.3 is 5.97 Å². The third kappa shape index (κ3) is 5.75. The minimum absolute atomic E-state index is 0.233. The van der Waals surface area contributed by atoms with E-state index >= 15 is 0 Å². The molecule has 2 aromatic carbocycles. The molecule has 3 rings (SSSR count). The summed E-state index contributed by atoms with van der Waals surface area (Å²) < 4.78 is 16.2. The van der Waals surface area contributed by atoms with Crippen molar-refractivity contribution < 1.29 is 34.3 Å². The Labute approximate surface area is 186 Å². The summed E-state index contributed by atoms with van der Waals surface area (Å²) in [5.74, 6) is 0.258. The van der Waals surface area contributed by atoms with Gasteiger partial charge < -0.3 is 29.5 Å². The number of hydrogen-bond donors (Lipinski definition) is 3. The molecule has 3 N–H and O–H groups in total. The van der Waals surface area contributed by atoms with E-state index in [1.165, 1.54) is 6.92 Å². The van der Waals surface area contributed by atoms with E-state index in [0.29, 0.717) is 23.6 Å². The zero-order chi connectivity index (χ0) is 22.5. The van der Waals surface area contributed by atoms with Crippen molar-refractivity contribution in [2.75, 3.05) is 13.2 Å². The van der Waals surface area contributed by atoms with Gasteiger partial charge in [0.25, 0.3) is 0 Å². The second kappa shape index (κ2) is 10.4. The molecule has 0 saturated carbocycles. The number of aliphatic hydroxyl groups is 3. The first kappa shape index (κ1) is 23.5. The van der Waals surface area contributed by atoms with Crippen LogP contribution in [0.1, 0.15) is 36.6 Å². The number of carbonyl (C=O) groups is 1. The van der Waals surface area contributed by atoms with Crippen molar-refractivity contribution in [3.63, 3.8) is 0 Å². The second-order valence-corrected chi connectivity index (χ2v) is 7.88. The summed E-state index contributed by atoms with van der Waals surface area (Å²) in [7, 11) is 0. The average Bonchev–Trinajstić information content (AvgIpc) is 2.75. The first-order chi connectivity index (χ1) is 14.8. The normalized spacial score (nSPS) is 25.8. The lowest BCUT2D eigenvalue weighted by Crippen LogP contribution is -2.55. The largest absolute Gasteiger partial charge is 0.494 e. The van der Waals surface area contributed by atoms with Gasteiger partial charge in [0.05, 0.1) is 6.61 Å². The van der Waals surface area contributed by atoms with Gasteiger partial charge in [0.15, 0.2) is 0 Å². The number of ether oxygens (including phenoxy) is 3. The Morgan fingerprint density at radius 2 is 1.77 bits per heavy atom. The minimum Gasteiger partial charge on any atom is -0.494 e. The molecular weight excluding hydrogens is 424 g/mol. The van der Waals surface area contributed by atoms with Crippen LogP contribution in [0.25, 0.3) is 0 Å². The van der Waals surface area contributed by atoms with E-state index in [-0.39, 0.29) is 6.61 Å². The van der Waals surface area contributed by atoms with Crippen LogP contribution < -0.4 is 4.74 Å². The molecule has 8 heteroatoms. The molecule has 0 spiro atoms. The Kier molecular flexibility index (Phi) is 7.91. The number of rotatable bonds is 7. The lowest BCUT2D eigenvalue weighted by atomic mass is 9.90. The predicted molar refractivity (Wildman–Crippen MR) is 114 cm³/mol. The molecule has 168 valence electrons. The third-order valence-electron chi connectivity index (χ3n) is 5.19. The first-order valence-corrected chi connectivity index (χ1v) is 10.5. The number of carbonyl (C=O) groups excluding carboxylic acids is 1. The molecule has 2 aromatic rings. The van der Waals surface area contributed by atoms with Crippen LogP contribution in [0.5, 0.6) is 5.75 Å². The van der Waals surface area contributed by atoms with Gasteiger partial charge in [-0.3, -0.25) is 4.79 Å². The molecule has 0 aliphatic carbocycles. The summed E-state index contributed by atoms with van der Waals surface area (Å²) in [4.78, 5) is 11.1. The fourth-order valence-corrected chi connectivity index (χ4v) is 3.75. The van der Waals surface area contributed by atoms with Gasteiger partial charge in [-0.25, -0.2) is 0 Å². The van der Waals surface area contributed by atoms with E-state index < -0.39 is 36.5 Å². The van der Waals surface area contributed by atoms with Gasteiger partial charge in [0.2, 0.25) is 0 Å². The van der Waals surface area contributed by atoms with Crippen LogP contribution in [-0.2, 0) is 20.7 Å². The second-order valence-electron chi connectivity index (χ2n) is 7.47. The van der Waals surface area contributed by atoms with E-state index in [0.717, 1.165) is 16.9 Å². The number of hydrogen-bond acceptors (Lipinski definition) is 7. The van der Waals surface area contributed by atoms with Gasteiger partial charge in [-0.05, 0) is 48.2 Å². The summed E-state index contributed by atoms with van der Waals surface area (Å²) in [6, 6.07) is 12.9. The van der Waals surface area contributed by atoms with Crippen molar-refractivity contribution in [2.45, 2.75) is 50.8 Å². The van der Waals surface area contributed by atoms with Crippen LogP contribution in [0.3, 0.4) is 0 Å². The van der Waals surface area contributed by atoms with Gasteiger partial charge in [-0.1, -0.05) is 35.9 Å². The molecule has 5 atom stereocenters. The molecular formula is C23H27ClO7. The fourth-order valence-electron chi connectivity index (χ4n) is 3.56. The maximum Gasteiger partial charge on any atom is 0.302 e. The van der Waals surface area contributed by atoms with Crippen molar-refractivity contribution in [2.24, 2.45) is 0 Å². The predicted octanol–water partition coefficient (Wildman–Crippen LogP) is 2.42. The van der Waals surface area contributed by atoms with Gasteiger partial charge in [-0.15, -0.1) is 0 Å². The van der Waals surface area contributed by atoms with E-state index in [4.69, 9.17) is 25.8 Å². The monoisotopic (exact) mass is 450 g/mol. The van der Waals surface area contributed by atoms with Crippen LogP contribution in [0.4, 0.5) is 0 Å². The van der Waals surface area contributed by atoms with Crippen LogP contribution in [0.2, 0.25) is 5.02 Å². The Morgan fingerprint density at radius 1 is 1.06 bits per heavy atom. The van der Waals surface area contributed by atoms with Gasteiger partial charge in [0.1, 0.15) is 42.9 Å². The highest BCUT2D eigenvalue weighted by atomic mass is 35.5. The molecule has 1 saturated heterocycles. The van der Waals surface area contributed by atoms with Crippen molar-refractivity contribution in [3.8, 4) is 5.75 Å². The lowest BCUT2D eigenvalue weighted by Gasteiger charge is -2.40. The molecule has 31 heavy (non-hydrogen) atoms. The Bertz CT molecular complexity index is 886. The number of benzene rings is 2. The minimum atomic E-state index is -1.45. The highest BCUT2D eigenvalue weighted by Gasteiger charge is 2.44. The van der Waals surface area contributed by atoms with Crippen LogP contribution in [0.15, 0.2) is 42.5 Å². The Balaban J connectivity index is 1.80. The average molecular weight is 451 g/mol. The van der Waals surface area contributed by atoms with Crippen LogP contribution in [-0.4, -0.2) is 58.9 Å². The Hall–Kier alpha value is -2.16. The molecule has 1 aliphatic heterocycles. The first-order valence-electron chi connectivity index (χ1n) is 10.1. The zero-order valence-corrected chi connectivity index (χ0v) is 18.2.